The number of benzene rings is 1. The molecule has 0 atom stereocenters. The van der Waals surface area contributed by atoms with Crippen molar-refractivity contribution in [1.82, 2.24) is 0 Å². The van der Waals surface area contributed by atoms with Crippen molar-refractivity contribution in [3.8, 4) is 5.75 Å². The summed E-state index contributed by atoms with van der Waals surface area (Å²) in [6.07, 6.45) is 0. The zero-order valence-electron chi connectivity index (χ0n) is 6.67. The highest BCUT2D eigenvalue weighted by molar-refractivity contribution is 6.34. The minimum Gasteiger partial charge on any atom is -0.495 e. The van der Waals surface area contributed by atoms with Gasteiger partial charge in [-0.1, -0.05) is 11.6 Å². The van der Waals surface area contributed by atoms with Gasteiger partial charge in [-0.3, -0.25) is 0 Å². The molecule has 13 heavy (non-hydrogen) atoms. The van der Waals surface area contributed by atoms with Crippen LogP contribution in [0.15, 0.2) is 12.1 Å². The molecule has 1 rings (SSSR count). The molecule has 0 bridgehead atoms. The van der Waals surface area contributed by atoms with Gasteiger partial charge in [0.2, 0.25) is 0 Å². The normalized spacial score (nSPS) is 9.77. The summed E-state index contributed by atoms with van der Waals surface area (Å²) in [6.45, 7) is 0. The highest BCUT2D eigenvalue weighted by Crippen LogP contribution is 2.29. The minimum atomic E-state index is -1.29. The fourth-order valence-corrected chi connectivity index (χ4v) is 1.14. The first kappa shape index (κ1) is 9.80. The number of halogens is 2. The third-order valence-corrected chi connectivity index (χ3v) is 1.84. The molecule has 0 aliphatic heterocycles. The number of rotatable bonds is 2. The summed E-state index contributed by atoms with van der Waals surface area (Å²) >= 11 is 5.60. The van der Waals surface area contributed by atoms with E-state index >= 15 is 0 Å². The number of carboxylic acid groups (broad SMARTS) is 1. The molecule has 70 valence electrons. The van der Waals surface area contributed by atoms with E-state index in [1.54, 1.807) is 0 Å². The minimum absolute atomic E-state index is 0.0130. The topological polar surface area (TPSA) is 46.5 Å². The summed E-state index contributed by atoms with van der Waals surface area (Å²) < 4.78 is 17.4. The van der Waals surface area contributed by atoms with Gasteiger partial charge >= 0.3 is 5.97 Å². The Labute approximate surface area is 78.7 Å². The molecule has 1 N–H and O–H groups in total. The molecule has 0 fully saturated rings. The van der Waals surface area contributed by atoms with Crippen molar-refractivity contribution in [1.29, 1.82) is 0 Å². The molecule has 0 radical (unpaired) electrons. The second-order valence-corrected chi connectivity index (χ2v) is 2.65. The Morgan fingerprint density at radius 1 is 1.62 bits per heavy atom. The van der Waals surface area contributed by atoms with Crippen LogP contribution in [-0.4, -0.2) is 18.2 Å². The lowest BCUT2D eigenvalue weighted by Crippen LogP contribution is -2.00. The first-order valence-corrected chi connectivity index (χ1v) is 3.70. The van der Waals surface area contributed by atoms with Gasteiger partial charge in [-0.2, -0.15) is 0 Å². The molecular weight excluding hydrogens is 199 g/mol. The number of carbonyl (C=O) groups is 1. The van der Waals surface area contributed by atoms with Crippen LogP contribution in [0.25, 0.3) is 0 Å². The standard InChI is InChI=1S/C8H6ClFO3/c1-13-6-3-4(10)2-5(7(6)9)8(11)12/h2-3H,1H3,(H,11,12). The lowest BCUT2D eigenvalue weighted by Gasteiger charge is -2.05. The van der Waals surface area contributed by atoms with E-state index in [0.29, 0.717) is 0 Å². The van der Waals surface area contributed by atoms with Crippen LogP contribution in [0.2, 0.25) is 5.02 Å². The van der Waals surface area contributed by atoms with E-state index in [1.807, 2.05) is 0 Å². The molecule has 0 saturated carbocycles. The van der Waals surface area contributed by atoms with Gasteiger partial charge in [0.1, 0.15) is 11.6 Å². The number of aromatic carboxylic acids is 1. The number of hydrogen-bond acceptors (Lipinski definition) is 2. The highest BCUT2D eigenvalue weighted by atomic mass is 35.5. The number of ether oxygens (including phenoxy) is 1. The first-order chi connectivity index (χ1) is 6.06. The Morgan fingerprint density at radius 3 is 2.69 bits per heavy atom. The van der Waals surface area contributed by atoms with Gasteiger partial charge in [0.05, 0.1) is 17.7 Å². The maximum absolute atomic E-state index is 12.8. The summed E-state index contributed by atoms with van der Waals surface area (Å²) in [7, 11) is 1.28. The van der Waals surface area contributed by atoms with Gasteiger partial charge in [-0.25, -0.2) is 9.18 Å². The average Bonchev–Trinajstić information content (AvgIpc) is 2.08. The van der Waals surface area contributed by atoms with Crippen molar-refractivity contribution >= 4 is 17.6 Å². The van der Waals surface area contributed by atoms with Crippen LogP contribution < -0.4 is 4.74 Å². The molecule has 1 aromatic carbocycles. The van der Waals surface area contributed by atoms with Crippen molar-refractivity contribution < 1.29 is 19.0 Å². The van der Waals surface area contributed by atoms with Crippen LogP contribution in [-0.2, 0) is 0 Å². The van der Waals surface area contributed by atoms with E-state index in [-0.39, 0.29) is 16.3 Å². The summed E-state index contributed by atoms with van der Waals surface area (Å²) in [5.41, 5.74) is -0.307. The summed E-state index contributed by atoms with van der Waals surface area (Å²) in [5, 5.41) is 8.50. The second kappa shape index (κ2) is 3.62. The van der Waals surface area contributed by atoms with Gasteiger partial charge in [-0.05, 0) is 6.07 Å². The third-order valence-electron chi connectivity index (χ3n) is 1.45. The number of carboxylic acids is 1. The van der Waals surface area contributed by atoms with Crippen molar-refractivity contribution in [3.05, 3.63) is 28.5 Å². The van der Waals surface area contributed by atoms with Crippen LogP contribution in [0.4, 0.5) is 4.39 Å². The Morgan fingerprint density at radius 2 is 2.23 bits per heavy atom. The van der Waals surface area contributed by atoms with Gasteiger partial charge in [-0.15, -0.1) is 0 Å². The fraction of sp³-hybridized carbons (Fsp3) is 0.125. The molecule has 0 amide bonds. The van der Waals surface area contributed by atoms with Crippen molar-refractivity contribution in [2.24, 2.45) is 0 Å². The molecule has 3 nitrogen and oxygen atoms in total. The maximum Gasteiger partial charge on any atom is 0.337 e. The van der Waals surface area contributed by atoms with Crippen molar-refractivity contribution in [3.63, 3.8) is 0 Å². The zero-order valence-corrected chi connectivity index (χ0v) is 7.43. The fourth-order valence-electron chi connectivity index (χ4n) is 0.868. The predicted molar refractivity (Wildman–Crippen MR) is 44.9 cm³/mol. The van der Waals surface area contributed by atoms with Crippen LogP contribution in [0.1, 0.15) is 10.4 Å². The van der Waals surface area contributed by atoms with E-state index < -0.39 is 11.8 Å². The molecule has 1 aromatic rings. The van der Waals surface area contributed by atoms with Crippen LogP contribution >= 0.6 is 11.6 Å². The average molecular weight is 205 g/mol. The zero-order chi connectivity index (χ0) is 10.0. The lowest BCUT2D eigenvalue weighted by molar-refractivity contribution is 0.0696. The highest BCUT2D eigenvalue weighted by Gasteiger charge is 2.14. The van der Waals surface area contributed by atoms with E-state index in [1.165, 1.54) is 7.11 Å². The van der Waals surface area contributed by atoms with Gasteiger partial charge < -0.3 is 9.84 Å². The molecule has 0 aliphatic rings. The molecule has 0 unspecified atom stereocenters. The molecule has 0 spiro atoms. The molecular formula is C8H6ClFO3. The van der Waals surface area contributed by atoms with E-state index in [2.05, 4.69) is 4.74 Å². The number of hydrogen-bond donors (Lipinski definition) is 1. The van der Waals surface area contributed by atoms with Crippen molar-refractivity contribution in [2.45, 2.75) is 0 Å². The van der Waals surface area contributed by atoms with Crippen LogP contribution in [0, 0.1) is 5.82 Å². The molecule has 0 aromatic heterocycles. The van der Waals surface area contributed by atoms with E-state index in [0.717, 1.165) is 12.1 Å². The Balaban J connectivity index is 3.35. The quantitative estimate of drug-likeness (QED) is 0.803. The first-order valence-electron chi connectivity index (χ1n) is 3.32. The second-order valence-electron chi connectivity index (χ2n) is 2.27. The van der Waals surface area contributed by atoms with E-state index in [4.69, 9.17) is 16.7 Å². The van der Waals surface area contributed by atoms with Gasteiger partial charge in [0.15, 0.2) is 0 Å². The third kappa shape index (κ3) is 1.89. The van der Waals surface area contributed by atoms with Crippen LogP contribution in [0.5, 0.6) is 5.75 Å². The SMILES string of the molecule is COc1cc(F)cc(C(=O)O)c1Cl. The molecule has 0 aliphatic carbocycles. The smallest absolute Gasteiger partial charge is 0.337 e. The van der Waals surface area contributed by atoms with Crippen LogP contribution in [0.3, 0.4) is 0 Å². The Kier molecular flexibility index (Phi) is 2.72. The Bertz CT molecular complexity index is 351. The summed E-state index contributed by atoms with van der Waals surface area (Å²) in [6, 6.07) is 1.86. The summed E-state index contributed by atoms with van der Waals surface area (Å²) in [4.78, 5) is 10.5. The number of methoxy groups -OCH3 is 1. The van der Waals surface area contributed by atoms with Gasteiger partial charge in [0.25, 0.3) is 0 Å². The molecule has 0 saturated heterocycles. The Hall–Kier alpha value is -1.29. The summed E-state index contributed by atoms with van der Waals surface area (Å²) in [5.74, 6) is -1.97. The predicted octanol–water partition coefficient (Wildman–Crippen LogP) is 2.19. The lowest BCUT2D eigenvalue weighted by atomic mass is 10.2. The maximum atomic E-state index is 12.8. The van der Waals surface area contributed by atoms with Gasteiger partial charge in [0, 0.05) is 6.07 Å². The monoisotopic (exact) mass is 204 g/mol. The van der Waals surface area contributed by atoms with Crippen molar-refractivity contribution in [2.75, 3.05) is 7.11 Å². The molecule has 0 heterocycles. The largest absolute Gasteiger partial charge is 0.495 e. The molecule has 5 heteroatoms. The van der Waals surface area contributed by atoms with E-state index in [9.17, 15) is 9.18 Å².